The fourth-order valence-electron chi connectivity index (χ4n) is 2.81. The lowest BCUT2D eigenvalue weighted by molar-refractivity contribution is -0.394. The van der Waals surface area contributed by atoms with Gasteiger partial charge < -0.3 is 10.1 Å². The maximum absolute atomic E-state index is 12.8. The third kappa shape index (κ3) is 7.08. The summed E-state index contributed by atoms with van der Waals surface area (Å²) in [6, 6.07) is 12.3. The summed E-state index contributed by atoms with van der Waals surface area (Å²) in [7, 11) is 0. The third-order valence-corrected chi connectivity index (χ3v) is 4.47. The van der Waals surface area contributed by atoms with Crippen molar-refractivity contribution in [2.45, 2.75) is 6.18 Å². The molecule has 3 aromatic carbocycles. The molecule has 0 atom stereocenters. The summed E-state index contributed by atoms with van der Waals surface area (Å²) in [5, 5.41) is 27.7. The van der Waals surface area contributed by atoms with E-state index in [1.807, 2.05) is 10.7 Å². The minimum Gasteiger partial charge on any atom is -0.450 e. The van der Waals surface area contributed by atoms with Gasteiger partial charge in [-0.15, -0.1) is 0 Å². The van der Waals surface area contributed by atoms with Crippen molar-refractivity contribution in [1.29, 1.82) is 0 Å². The van der Waals surface area contributed by atoms with E-state index in [1.165, 1.54) is 30.3 Å². The third-order valence-electron chi connectivity index (χ3n) is 4.47. The van der Waals surface area contributed by atoms with Crippen LogP contribution in [0.3, 0.4) is 0 Å². The predicted molar refractivity (Wildman–Crippen MR) is 122 cm³/mol. The van der Waals surface area contributed by atoms with Crippen molar-refractivity contribution in [3.63, 3.8) is 0 Å². The Morgan fingerprint density at radius 2 is 1.65 bits per heavy atom. The first kappa shape index (κ1) is 26.3. The molecule has 0 aliphatic carbocycles. The Balaban J connectivity index is 1.64. The summed E-state index contributed by atoms with van der Waals surface area (Å²) < 4.78 is 43.8. The number of hydrazone groups is 1. The SMILES string of the molecule is O=C(N/N=C/c1cccc(Oc2ccc([N+](=O)[O-])cc2[N+](=O)[O-])c1)C(=O)Nc1cccc(C(F)(F)F)c1. The van der Waals surface area contributed by atoms with E-state index in [-0.39, 0.29) is 17.2 Å². The molecule has 0 saturated carbocycles. The zero-order valence-corrected chi connectivity index (χ0v) is 18.3. The van der Waals surface area contributed by atoms with Gasteiger partial charge >= 0.3 is 23.7 Å². The summed E-state index contributed by atoms with van der Waals surface area (Å²) in [5.41, 5.74) is -0.152. The molecule has 37 heavy (non-hydrogen) atoms. The number of ether oxygens (including phenoxy) is 1. The lowest BCUT2D eigenvalue weighted by Gasteiger charge is -2.09. The van der Waals surface area contributed by atoms with E-state index in [0.29, 0.717) is 11.6 Å². The number of carbonyl (C=O) groups is 2. The predicted octanol–water partition coefficient (Wildman–Crippen LogP) is 4.40. The van der Waals surface area contributed by atoms with Gasteiger partial charge in [0.05, 0.1) is 27.7 Å². The fraction of sp³-hybridized carbons (Fsp3) is 0.0455. The van der Waals surface area contributed by atoms with E-state index in [4.69, 9.17) is 4.74 Å². The molecule has 0 aromatic heterocycles. The summed E-state index contributed by atoms with van der Waals surface area (Å²) in [6.07, 6.45) is -3.53. The average Bonchev–Trinajstić information content (AvgIpc) is 2.84. The monoisotopic (exact) mass is 517 g/mol. The van der Waals surface area contributed by atoms with Crippen molar-refractivity contribution in [2.24, 2.45) is 5.10 Å². The molecule has 0 radical (unpaired) electrons. The number of rotatable bonds is 7. The molecule has 15 heteroatoms. The molecule has 12 nitrogen and oxygen atoms in total. The molecule has 2 N–H and O–H groups in total. The molecule has 2 amide bonds. The molecule has 0 aliphatic rings. The van der Waals surface area contributed by atoms with Crippen molar-refractivity contribution in [1.82, 2.24) is 5.43 Å². The molecular weight excluding hydrogens is 503 g/mol. The quantitative estimate of drug-likeness (QED) is 0.203. The number of nitrogens with zero attached hydrogens (tertiary/aromatic N) is 3. The van der Waals surface area contributed by atoms with Crippen molar-refractivity contribution >= 4 is 35.1 Å². The normalized spacial score (nSPS) is 11.1. The fourth-order valence-corrected chi connectivity index (χ4v) is 2.81. The highest BCUT2D eigenvalue weighted by atomic mass is 19.4. The average molecular weight is 517 g/mol. The lowest BCUT2D eigenvalue weighted by Crippen LogP contribution is -2.32. The van der Waals surface area contributed by atoms with Gasteiger partial charge in [-0.3, -0.25) is 29.8 Å². The van der Waals surface area contributed by atoms with Crippen molar-refractivity contribution in [3.8, 4) is 11.5 Å². The van der Waals surface area contributed by atoms with E-state index < -0.39 is 44.8 Å². The van der Waals surface area contributed by atoms with Gasteiger partial charge in [0, 0.05) is 11.8 Å². The number of amides is 2. The van der Waals surface area contributed by atoms with E-state index in [1.54, 1.807) is 0 Å². The van der Waals surface area contributed by atoms with Crippen LogP contribution < -0.4 is 15.5 Å². The number of anilines is 1. The molecule has 0 spiro atoms. The van der Waals surface area contributed by atoms with Gasteiger partial charge in [-0.25, -0.2) is 5.43 Å². The Bertz CT molecular complexity index is 1410. The van der Waals surface area contributed by atoms with E-state index in [9.17, 15) is 43.0 Å². The molecule has 3 rings (SSSR count). The molecule has 0 unspecified atom stereocenters. The Labute approximate surface area is 204 Å². The second-order valence-corrected chi connectivity index (χ2v) is 7.07. The van der Waals surface area contributed by atoms with Crippen LogP contribution in [0, 0.1) is 20.2 Å². The van der Waals surface area contributed by atoms with Gasteiger partial charge in [-0.2, -0.15) is 18.3 Å². The van der Waals surface area contributed by atoms with Gasteiger partial charge in [0.25, 0.3) is 5.69 Å². The number of nitrogens with one attached hydrogen (secondary N) is 2. The van der Waals surface area contributed by atoms with Crippen LogP contribution in [-0.4, -0.2) is 27.9 Å². The second-order valence-electron chi connectivity index (χ2n) is 7.07. The maximum atomic E-state index is 12.8. The van der Waals surface area contributed by atoms with Crippen molar-refractivity contribution < 1.29 is 37.3 Å². The highest BCUT2D eigenvalue weighted by Crippen LogP contribution is 2.34. The van der Waals surface area contributed by atoms with Crippen LogP contribution in [0.1, 0.15) is 11.1 Å². The largest absolute Gasteiger partial charge is 0.450 e. The summed E-state index contributed by atoms with van der Waals surface area (Å²) in [4.78, 5) is 44.3. The smallest absolute Gasteiger partial charge is 0.416 e. The first-order valence-corrected chi connectivity index (χ1v) is 9.96. The Morgan fingerprint density at radius 3 is 2.32 bits per heavy atom. The Hall–Kier alpha value is -5.34. The minimum absolute atomic E-state index is 0.0921. The zero-order valence-electron chi connectivity index (χ0n) is 18.3. The molecule has 0 aliphatic heterocycles. The van der Waals surface area contributed by atoms with Crippen molar-refractivity contribution in [3.05, 3.63) is 98.1 Å². The number of non-ortho nitro benzene ring substituents is 1. The highest BCUT2D eigenvalue weighted by Gasteiger charge is 2.30. The van der Waals surface area contributed by atoms with Crippen LogP contribution in [0.15, 0.2) is 71.8 Å². The van der Waals surface area contributed by atoms with Gasteiger partial charge in [-0.05, 0) is 42.0 Å². The molecule has 0 bridgehead atoms. The van der Waals surface area contributed by atoms with E-state index >= 15 is 0 Å². The lowest BCUT2D eigenvalue weighted by atomic mass is 10.2. The number of carbonyl (C=O) groups excluding carboxylic acids is 2. The number of hydrogen-bond acceptors (Lipinski definition) is 8. The van der Waals surface area contributed by atoms with E-state index in [2.05, 4.69) is 5.10 Å². The first-order valence-electron chi connectivity index (χ1n) is 9.96. The summed E-state index contributed by atoms with van der Waals surface area (Å²) in [6.45, 7) is 0. The van der Waals surface area contributed by atoms with Crippen LogP contribution in [-0.2, 0) is 15.8 Å². The van der Waals surface area contributed by atoms with Crippen LogP contribution in [0.5, 0.6) is 11.5 Å². The number of nitro benzene ring substituents is 2. The Kier molecular flexibility index (Phi) is 7.76. The van der Waals surface area contributed by atoms with Crippen LogP contribution >= 0.6 is 0 Å². The highest BCUT2D eigenvalue weighted by molar-refractivity contribution is 6.39. The number of nitro groups is 2. The Morgan fingerprint density at radius 1 is 0.919 bits per heavy atom. The summed E-state index contributed by atoms with van der Waals surface area (Å²) in [5.74, 6) is -2.69. The molecule has 0 heterocycles. The second kappa shape index (κ2) is 10.9. The van der Waals surface area contributed by atoms with E-state index in [0.717, 1.165) is 36.5 Å². The van der Waals surface area contributed by atoms with Gasteiger partial charge in [0.1, 0.15) is 5.75 Å². The molecular formula is C22H14F3N5O7. The van der Waals surface area contributed by atoms with Crippen LogP contribution in [0.25, 0.3) is 0 Å². The van der Waals surface area contributed by atoms with Crippen LogP contribution in [0.2, 0.25) is 0 Å². The van der Waals surface area contributed by atoms with Gasteiger partial charge in [-0.1, -0.05) is 18.2 Å². The topological polar surface area (TPSA) is 166 Å². The van der Waals surface area contributed by atoms with Crippen molar-refractivity contribution in [2.75, 3.05) is 5.32 Å². The van der Waals surface area contributed by atoms with Crippen LogP contribution in [0.4, 0.5) is 30.2 Å². The molecule has 0 saturated heterocycles. The molecule has 190 valence electrons. The molecule has 3 aromatic rings. The number of halogens is 3. The maximum Gasteiger partial charge on any atom is 0.416 e. The van der Waals surface area contributed by atoms with Gasteiger partial charge in [0.2, 0.25) is 5.75 Å². The summed E-state index contributed by atoms with van der Waals surface area (Å²) >= 11 is 0. The minimum atomic E-state index is -4.63. The molecule has 0 fully saturated rings. The number of hydrogen-bond donors (Lipinski definition) is 2. The first-order chi connectivity index (χ1) is 17.4. The zero-order chi connectivity index (χ0) is 27.2. The standard InChI is InChI=1S/C22H14F3N5O7/c23-22(24,25)14-4-2-5-15(10-14)27-20(31)21(32)28-26-12-13-3-1-6-17(9-13)37-19-8-7-16(29(33)34)11-18(19)30(35)36/h1-12H,(H,27,31)(H,28,32)/b26-12+. The van der Waals surface area contributed by atoms with Gasteiger partial charge in [0.15, 0.2) is 0 Å². The number of benzene rings is 3. The number of alkyl halides is 3.